The molecule has 2 aromatic heterocycles. The molecule has 2 aromatic rings. The van der Waals surface area contributed by atoms with Gasteiger partial charge in [0.05, 0.1) is 24.0 Å². The summed E-state index contributed by atoms with van der Waals surface area (Å²) in [6.45, 7) is 12.4. The van der Waals surface area contributed by atoms with E-state index < -0.39 is 22.9 Å². The third kappa shape index (κ3) is 5.59. The molecule has 0 aromatic carbocycles. The molecule has 2 aliphatic heterocycles. The third-order valence-electron chi connectivity index (χ3n) is 10.3. The molecule has 2 saturated heterocycles. The van der Waals surface area contributed by atoms with E-state index in [1.165, 1.54) is 10.6 Å². The summed E-state index contributed by atoms with van der Waals surface area (Å²) in [5.74, 6) is -0.434. The van der Waals surface area contributed by atoms with Gasteiger partial charge in [-0.15, -0.1) is 0 Å². The second kappa shape index (κ2) is 11.3. The lowest BCUT2D eigenvalue weighted by atomic mass is 9.91. The van der Waals surface area contributed by atoms with E-state index in [1.54, 1.807) is 13.0 Å². The highest BCUT2D eigenvalue weighted by Gasteiger charge is 2.55. The normalized spacial score (nSPS) is 22.1. The van der Waals surface area contributed by atoms with E-state index in [-0.39, 0.29) is 29.7 Å². The Morgan fingerprint density at radius 3 is 2.36 bits per heavy atom. The van der Waals surface area contributed by atoms with Crippen LogP contribution in [0.3, 0.4) is 0 Å². The predicted octanol–water partition coefficient (Wildman–Crippen LogP) is 5.49. The molecule has 0 bridgehead atoms. The molecule has 44 heavy (non-hydrogen) atoms. The summed E-state index contributed by atoms with van der Waals surface area (Å²) in [4.78, 5) is 45.1. The molecule has 1 amide bonds. The number of hydrogen-bond donors (Lipinski definition) is 0. The van der Waals surface area contributed by atoms with Crippen LogP contribution in [0.2, 0.25) is 0 Å². The Bertz CT molecular complexity index is 1510. The Morgan fingerprint density at radius 1 is 1.09 bits per heavy atom. The van der Waals surface area contributed by atoms with Crippen LogP contribution in [0.1, 0.15) is 100 Å². The molecule has 10 heteroatoms. The number of aryl methyl sites for hydroxylation is 1. The summed E-state index contributed by atoms with van der Waals surface area (Å²) in [6, 6.07) is 2.09. The lowest BCUT2D eigenvalue weighted by Gasteiger charge is -2.43. The average molecular weight is 611 g/mol. The van der Waals surface area contributed by atoms with E-state index in [0.29, 0.717) is 30.7 Å². The molecule has 4 aliphatic rings. The molecule has 1 atom stereocenters. The molecule has 4 fully saturated rings. The van der Waals surface area contributed by atoms with Crippen molar-refractivity contribution in [1.29, 1.82) is 0 Å². The van der Waals surface area contributed by atoms with Gasteiger partial charge in [-0.3, -0.25) is 14.1 Å². The van der Waals surface area contributed by atoms with E-state index in [4.69, 9.17) is 9.47 Å². The molecule has 0 radical (unpaired) electrons. The van der Waals surface area contributed by atoms with Crippen LogP contribution < -0.4 is 10.5 Å². The number of likely N-dealkylation sites (tertiary alicyclic amines) is 1. The minimum absolute atomic E-state index is 0.0327. The van der Waals surface area contributed by atoms with Crippen LogP contribution in [0.25, 0.3) is 5.52 Å². The molecule has 240 valence electrons. The summed E-state index contributed by atoms with van der Waals surface area (Å²) in [6.07, 6.45) is 8.09. The fraction of sp³-hybridized carbons (Fsp3) is 0.676. The molecule has 6 rings (SSSR count). The number of aromatic nitrogens is 1. The van der Waals surface area contributed by atoms with E-state index in [2.05, 4.69) is 16.8 Å². The highest BCUT2D eigenvalue weighted by molar-refractivity contribution is 5.90. The number of amides is 1. The third-order valence-corrected chi connectivity index (χ3v) is 10.3. The van der Waals surface area contributed by atoms with Crippen molar-refractivity contribution >= 4 is 23.3 Å². The van der Waals surface area contributed by atoms with Crippen molar-refractivity contribution in [3.8, 4) is 0 Å². The average Bonchev–Trinajstić information content (AvgIpc) is 3.91. The quantitative estimate of drug-likeness (QED) is 0.384. The van der Waals surface area contributed by atoms with Gasteiger partial charge in [0.1, 0.15) is 11.2 Å². The maximum atomic E-state index is 16.0. The fourth-order valence-corrected chi connectivity index (χ4v) is 7.80. The van der Waals surface area contributed by atoms with Crippen molar-refractivity contribution in [3.63, 3.8) is 0 Å². The number of fused-ring (bicyclic) bond motifs is 1. The zero-order valence-electron chi connectivity index (χ0n) is 27.1. The van der Waals surface area contributed by atoms with E-state index in [9.17, 15) is 14.4 Å². The van der Waals surface area contributed by atoms with E-state index >= 15 is 4.39 Å². The number of carbonyl (C=O) groups is 2. The van der Waals surface area contributed by atoms with Crippen LogP contribution in [0.5, 0.6) is 0 Å². The van der Waals surface area contributed by atoms with Gasteiger partial charge >= 0.3 is 12.1 Å². The number of ether oxygens (including phenoxy) is 2. The molecule has 0 N–H and O–H groups in total. The van der Waals surface area contributed by atoms with Gasteiger partial charge in [0.15, 0.2) is 5.82 Å². The maximum absolute atomic E-state index is 16.0. The highest BCUT2D eigenvalue weighted by atomic mass is 19.1. The van der Waals surface area contributed by atoms with Gasteiger partial charge in [-0.25, -0.2) is 14.0 Å². The molecule has 1 unspecified atom stereocenters. The van der Waals surface area contributed by atoms with Crippen molar-refractivity contribution in [2.75, 3.05) is 44.7 Å². The topological polar surface area (TPSA) is 83.8 Å². The minimum Gasteiger partial charge on any atom is -0.462 e. The number of esters is 1. The van der Waals surface area contributed by atoms with Crippen molar-refractivity contribution in [2.24, 2.45) is 5.92 Å². The first-order valence-electron chi connectivity index (χ1n) is 16.4. The maximum Gasteiger partial charge on any atom is 0.410 e. The number of carbonyl (C=O) groups excluding carboxylic acids is 2. The van der Waals surface area contributed by atoms with Crippen LogP contribution in [-0.4, -0.2) is 83.3 Å². The minimum atomic E-state index is -0.660. The number of halogens is 1. The van der Waals surface area contributed by atoms with Gasteiger partial charge in [-0.2, -0.15) is 0 Å². The summed E-state index contributed by atoms with van der Waals surface area (Å²) in [7, 11) is 2.24. The van der Waals surface area contributed by atoms with Gasteiger partial charge < -0.3 is 19.3 Å². The lowest BCUT2D eigenvalue weighted by molar-refractivity contribution is 0.00935. The van der Waals surface area contributed by atoms with Gasteiger partial charge in [0.2, 0.25) is 0 Å². The fourth-order valence-electron chi connectivity index (χ4n) is 7.80. The van der Waals surface area contributed by atoms with Crippen LogP contribution >= 0.6 is 0 Å². The molecule has 9 nitrogen and oxygen atoms in total. The van der Waals surface area contributed by atoms with Gasteiger partial charge in [-0.1, -0.05) is 0 Å². The first-order valence-corrected chi connectivity index (χ1v) is 16.4. The number of piperidine rings is 1. The van der Waals surface area contributed by atoms with Gasteiger partial charge in [0, 0.05) is 37.8 Å². The Hall–Kier alpha value is -3.14. The van der Waals surface area contributed by atoms with E-state index in [1.807, 2.05) is 32.6 Å². The van der Waals surface area contributed by atoms with Crippen LogP contribution in [0.4, 0.5) is 14.9 Å². The Kier molecular flexibility index (Phi) is 7.95. The summed E-state index contributed by atoms with van der Waals surface area (Å²) in [5, 5.41) is 0. The Balaban J connectivity index is 1.21. The lowest BCUT2D eigenvalue weighted by Crippen LogP contribution is -2.52. The smallest absolute Gasteiger partial charge is 0.410 e. The predicted molar refractivity (Wildman–Crippen MR) is 167 cm³/mol. The SMILES string of the molecule is CCOC(=O)c1cc(C2CC2)c2c(C)c(N3CCC(C4(N(C)C5CCN(C(=O)OC(C)(C)C)CC5)CC4)C3)c(F)cn2c1=O. The first-order chi connectivity index (χ1) is 20.8. The highest BCUT2D eigenvalue weighted by Crippen LogP contribution is 2.53. The second-order valence-electron chi connectivity index (χ2n) is 14.3. The Morgan fingerprint density at radius 2 is 1.77 bits per heavy atom. The van der Waals surface area contributed by atoms with Crippen molar-refractivity contribution in [2.45, 2.75) is 103 Å². The van der Waals surface area contributed by atoms with Crippen molar-refractivity contribution in [3.05, 3.63) is 45.1 Å². The number of rotatable bonds is 7. The molecule has 2 aliphatic carbocycles. The summed E-state index contributed by atoms with van der Waals surface area (Å²) < 4.78 is 28.0. The van der Waals surface area contributed by atoms with Crippen LogP contribution in [0, 0.1) is 18.7 Å². The number of nitrogens with zero attached hydrogens (tertiary/aromatic N) is 4. The van der Waals surface area contributed by atoms with Gasteiger partial charge in [0.25, 0.3) is 5.56 Å². The molecule has 0 spiro atoms. The summed E-state index contributed by atoms with van der Waals surface area (Å²) in [5.41, 5.74) is 2.01. The number of anilines is 1. The zero-order chi connectivity index (χ0) is 31.6. The molecule has 2 saturated carbocycles. The first kappa shape index (κ1) is 30.9. The van der Waals surface area contributed by atoms with Crippen LogP contribution in [-0.2, 0) is 9.47 Å². The van der Waals surface area contributed by atoms with E-state index in [0.717, 1.165) is 74.7 Å². The van der Waals surface area contributed by atoms with Crippen LogP contribution in [0.15, 0.2) is 17.1 Å². The number of pyridine rings is 2. The molecular weight excluding hydrogens is 563 g/mol. The number of hydrogen-bond acceptors (Lipinski definition) is 7. The molecule has 4 heterocycles. The largest absolute Gasteiger partial charge is 0.462 e. The zero-order valence-corrected chi connectivity index (χ0v) is 27.1. The summed E-state index contributed by atoms with van der Waals surface area (Å²) >= 11 is 0. The monoisotopic (exact) mass is 610 g/mol. The Labute approximate surface area is 259 Å². The standard InChI is InChI=1S/C34H47FN4O5/c1-7-43-31(41)26-18-25(22-8-9-22)28-21(2)29(27(35)20-39(28)30(26)40)38-15-10-23(19-38)34(13-14-34)36(6)24-11-16-37(17-12-24)32(42)44-33(3,4)5/h18,20,22-24H,7-17,19H2,1-6H3. The van der Waals surface area contributed by atoms with Crippen molar-refractivity contribution in [1.82, 2.24) is 14.2 Å². The van der Waals surface area contributed by atoms with Crippen molar-refractivity contribution < 1.29 is 23.5 Å². The second-order valence-corrected chi connectivity index (χ2v) is 14.3. The molecular formula is C34H47FN4O5. The van der Waals surface area contributed by atoms with Gasteiger partial charge in [-0.05, 0) is 116 Å².